The maximum absolute atomic E-state index is 13.3. The minimum Gasteiger partial charge on any atom is -0.391 e. The Balaban J connectivity index is 0.000000560. The number of hydrogen-bond acceptors (Lipinski definition) is 5. The van der Waals surface area contributed by atoms with E-state index in [2.05, 4.69) is 50.0 Å². The maximum atomic E-state index is 13.3. The van der Waals surface area contributed by atoms with E-state index in [0.29, 0.717) is 13.1 Å². The van der Waals surface area contributed by atoms with E-state index >= 15 is 0 Å². The van der Waals surface area contributed by atoms with Crippen molar-refractivity contribution >= 4 is 5.69 Å². The summed E-state index contributed by atoms with van der Waals surface area (Å²) in [5.74, 6) is 0.541. The second-order valence-electron chi connectivity index (χ2n) is 9.29. The lowest BCUT2D eigenvalue weighted by Gasteiger charge is -2.20. The molecule has 176 valence electrons. The van der Waals surface area contributed by atoms with Gasteiger partial charge in [0, 0.05) is 37.1 Å². The van der Waals surface area contributed by atoms with Gasteiger partial charge in [0.1, 0.15) is 12.1 Å². The van der Waals surface area contributed by atoms with Crippen LogP contribution in [0.15, 0.2) is 61.1 Å². The highest BCUT2D eigenvalue weighted by atomic mass is 19.1. The average Bonchev–Trinajstić information content (AvgIpc) is 3.52. The van der Waals surface area contributed by atoms with Crippen LogP contribution in [0, 0.1) is 5.82 Å². The Bertz CT molecular complexity index is 1290. The number of benzene rings is 2. The third-order valence-corrected chi connectivity index (χ3v) is 6.01. The number of aliphatic hydroxyl groups is 1. The summed E-state index contributed by atoms with van der Waals surface area (Å²) < 4.78 is 17.4. The zero-order valence-electron chi connectivity index (χ0n) is 19.7. The molecule has 4 aromatic rings. The Labute approximate surface area is 198 Å². The van der Waals surface area contributed by atoms with Gasteiger partial charge in [-0.3, -0.25) is 0 Å². The molecule has 34 heavy (non-hydrogen) atoms. The van der Waals surface area contributed by atoms with Gasteiger partial charge in [0.15, 0.2) is 5.82 Å². The lowest BCUT2D eigenvalue weighted by atomic mass is 10.1. The second-order valence-corrected chi connectivity index (χ2v) is 9.29. The van der Waals surface area contributed by atoms with Gasteiger partial charge in [-0.05, 0) is 75.1 Å². The third kappa shape index (κ3) is 4.34. The molecule has 6 rings (SSSR count). The third-order valence-electron chi connectivity index (χ3n) is 6.01. The van der Waals surface area contributed by atoms with E-state index < -0.39 is 0 Å². The quantitative estimate of drug-likeness (QED) is 0.436. The molecule has 2 aromatic heterocycles. The smallest absolute Gasteiger partial charge is 0.179 e. The van der Waals surface area contributed by atoms with E-state index in [1.54, 1.807) is 18.5 Å². The Morgan fingerprint density at radius 1 is 1.03 bits per heavy atom. The average molecular weight is 461 g/mol. The first-order valence-electron chi connectivity index (χ1n) is 11.4. The van der Waals surface area contributed by atoms with Crippen molar-refractivity contribution < 1.29 is 9.50 Å². The lowest BCUT2D eigenvalue weighted by molar-refractivity contribution is 0.198. The van der Waals surface area contributed by atoms with Gasteiger partial charge in [-0.25, -0.2) is 14.1 Å². The maximum Gasteiger partial charge on any atom is 0.179 e. The summed E-state index contributed by atoms with van der Waals surface area (Å²) in [5.41, 5.74) is 6.21. The monoisotopic (exact) mass is 460 g/mol. The van der Waals surface area contributed by atoms with Crippen LogP contribution in [0.25, 0.3) is 28.3 Å². The summed E-state index contributed by atoms with van der Waals surface area (Å²) in [6.45, 7) is 2.20. The predicted octanol–water partition coefficient (Wildman–Crippen LogP) is 3.65. The molecule has 0 radical (unpaired) electrons. The van der Waals surface area contributed by atoms with Gasteiger partial charge >= 0.3 is 0 Å². The molecule has 7 nitrogen and oxygen atoms in total. The van der Waals surface area contributed by atoms with Crippen molar-refractivity contribution in [2.24, 2.45) is 0 Å². The van der Waals surface area contributed by atoms with Crippen LogP contribution in [-0.2, 0) is 6.54 Å². The molecule has 2 aliphatic heterocycles. The van der Waals surface area contributed by atoms with E-state index in [9.17, 15) is 9.50 Å². The predicted molar refractivity (Wildman–Crippen MR) is 132 cm³/mol. The molecule has 1 saturated heterocycles. The van der Waals surface area contributed by atoms with Crippen molar-refractivity contribution in [2.75, 3.05) is 39.1 Å². The van der Waals surface area contributed by atoms with Crippen LogP contribution in [0.4, 0.5) is 10.1 Å². The second kappa shape index (κ2) is 9.04. The van der Waals surface area contributed by atoms with Crippen molar-refractivity contribution in [2.45, 2.75) is 19.1 Å². The first kappa shape index (κ1) is 22.3. The van der Waals surface area contributed by atoms with E-state index in [1.807, 2.05) is 30.7 Å². The van der Waals surface area contributed by atoms with Gasteiger partial charge in [-0.2, -0.15) is 5.10 Å². The molecule has 0 saturated carbocycles. The van der Waals surface area contributed by atoms with E-state index in [1.165, 1.54) is 12.1 Å². The molecular weight excluding hydrogens is 431 g/mol. The van der Waals surface area contributed by atoms with Gasteiger partial charge < -0.3 is 19.5 Å². The Morgan fingerprint density at radius 2 is 1.79 bits per heavy atom. The van der Waals surface area contributed by atoms with Crippen molar-refractivity contribution in [1.82, 2.24) is 24.2 Å². The molecule has 1 fully saturated rings. The molecule has 2 aliphatic rings. The molecule has 1 unspecified atom stereocenters. The molecule has 2 aromatic carbocycles. The van der Waals surface area contributed by atoms with Gasteiger partial charge in [0.2, 0.25) is 0 Å². The molecule has 0 aliphatic carbocycles. The molecule has 0 bridgehead atoms. The summed E-state index contributed by atoms with van der Waals surface area (Å²) in [5, 5.41) is 14.4. The fourth-order valence-electron chi connectivity index (χ4n) is 4.48. The van der Waals surface area contributed by atoms with Crippen LogP contribution >= 0.6 is 0 Å². The van der Waals surface area contributed by atoms with Crippen LogP contribution in [-0.4, -0.2) is 69.7 Å². The normalized spacial score (nSPS) is 16.4. The fraction of sp³-hybridized carbons (Fsp3) is 0.308. The molecular formula is C26H29FN6O. The number of fused-ring (bicyclic) bond motifs is 5. The molecule has 0 spiro atoms. The summed E-state index contributed by atoms with van der Waals surface area (Å²) in [4.78, 5) is 8.74. The summed E-state index contributed by atoms with van der Waals surface area (Å²) in [6.07, 6.45) is 4.19. The number of aromatic nitrogens is 4. The highest BCUT2D eigenvalue weighted by Gasteiger charge is 2.25. The topological polar surface area (TPSA) is 62.4 Å². The van der Waals surface area contributed by atoms with Gasteiger partial charge in [-0.15, -0.1) is 0 Å². The summed E-state index contributed by atoms with van der Waals surface area (Å²) in [6, 6.07) is 15.0. The number of rotatable bonds is 2. The standard InChI is InChI=1S/C23H20FN5O.C3H9N/c24-18-3-1-15(2-4-18)16-10-22-23-25-14-26-29(23)21-6-5-19(27-8-7-20(30)13-27)9-17(21)12-28(22)11-16;1-4(2)3/h1-6,9-11,14,20,30H,7-8,12-13H2;1-3H3. The zero-order valence-corrected chi connectivity index (χ0v) is 19.7. The molecule has 4 heterocycles. The first-order chi connectivity index (χ1) is 16.4. The molecule has 8 heteroatoms. The minimum atomic E-state index is -0.264. The first-order valence-corrected chi connectivity index (χ1v) is 11.4. The largest absolute Gasteiger partial charge is 0.391 e. The number of anilines is 1. The van der Waals surface area contributed by atoms with Crippen LogP contribution in [0.3, 0.4) is 0 Å². The fourth-order valence-corrected chi connectivity index (χ4v) is 4.48. The van der Waals surface area contributed by atoms with Crippen molar-refractivity contribution in [3.63, 3.8) is 0 Å². The highest BCUT2D eigenvalue weighted by Crippen LogP contribution is 2.35. The van der Waals surface area contributed by atoms with Gasteiger partial charge in [-0.1, -0.05) is 12.1 Å². The molecule has 1 N–H and O–H groups in total. The van der Waals surface area contributed by atoms with Crippen molar-refractivity contribution in [3.8, 4) is 28.3 Å². The lowest BCUT2D eigenvalue weighted by Crippen LogP contribution is -2.21. The minimum absolute atomic E-state index is 0.243. The Morgan fingerprint density at radius 3 is 2.50 bits per heavy atom. The number of nitrogens with zero attached hydrogens (tertiary/aromatic N) is 6. The number of β-amino-alcohol motifs (C(OH)–C–C–N with tert-alkyl or cyclic N) is 1. The zero-order chi connectivity index (χ0) is 23.8. The van der Waals surface area contributed by atoms with E-state index in [-0.39, 0.29) is 11.9 Å². The van der Waals surface area contributed by atoms with Crippen LogP contribution in [0.1, 0.15) is 12.0 Å². The SMILES string of the molecule is CN(C)C.OC1CCN(c2ccc3c(c2)Cn2cc(-c4ccc(F)cc4)cc2-c2ncnn2-3)C1. The number of aliphatic hydroxyl groups excluding tert-OH is 1. The van der Waals surface area contributed by atoms with E-state index in [0.717, 1.165) is 52.5 Å². The van der Waals surface area contributed by atoms with Crippen molar-refractivity contribution in [1.29, 1.82) is 0 Å². The molecule has 1 atom stereocenters. The number of halogens is 1. The summed E-state index contributed by atoms with van der Waals surface area (Å²) >= 11 is 0. The van der Waals surface area contributed by atoms with Gasteiger partial charge in [0.25, 0.3) is 0 Å². The number of hydrogen-bond donors (Lipinski definition) is 1. The Hall–Kier alpha value is -3.49. The molecule has 0 amide bonds. The van der Waals surface area contributed by atoms with Crippen LogP contribution in [0.2, 0.25) is 0 Å². The highest BCUT2D eigenvalue weighted by molar-refractivity contribution is 5.71. The Kier molecular flexibility index (Phi) is 5.93. The van der Waals surface area contributed by atoms with E-state index in [4.69, 9.17) is 0 Å². The van der Waals surface area contributed by atoms with Gasteiger partial charge in [0.05, 0.1) is 17.5 Å². The van der Waals surface area contributed by atoms with Crippen molar-refractivity contribution in [3.05, 3.63) is 72.4 Å². The van der Waals surface area contributed by atoms with Crippen LogP contribution < -0.4 is 4.90 Å². The van der Waals surface area contributed by atoms with Crippen LogP contribution in [0.5, 0.6) is 0 Å². The summed E-state index contributed by atoms with van der Waals surface area (Å²) in [7, 11) is 6.00.